The predicted molar refractivity (Wildman–Crippen MR) is 55.6 cm³/mol. The first kappa shape index (κ1) is 13.5. The lowest BCUT2D eigenvalue weighted by atomic mass is 10.1. The van der Waals surface area contributed by atoms with E-state index in [2.05, 4.69) is 5.32 Å². The SMILES string of the molecule is CNC(=O)OC(C)CCC=C(C)C(=O)O. The zero-order chi connectivity index (χ0) is 11.8. The summed E-state index contributed by atoms with van der Waals surface area (Å²) in [7, 11) is 1.49. The third kappa shape index (κ3) is 6.54. The van der Waals surface area contributed by atoms with Gasteiger partial charge < -0.3 is 15.2 Å². The lowest BCUT2D eigenvalue weighted by molar-refractivity contribution is -0.132. The Morgan fingerprint density at radius 3 is 2.60 bits per heavy atom. The second kappa shape index (κ2) is 6.86. The fourth-order valence-electron chi connectivity index (χ4n) is 0.922. The summed E-state index contributed by atoms with van der Waals surface area (Å²) in [5.41, 5.74) is 0.308. The molecule has 86 valence electrons. The number of nitrogens with one attached hydrogen (secondary N) is 1. The summed E-state index contributed by atoms with van der Waals surface area (Å²) in [6.45, 7) is 3.30. The molecule has 0 heterocycles. The van der Waals surface area contributed by atoms with Gasteiger partial charge in [-0.05, 0) is 26.7 Å². The van der Waals surface area contributed by atoms with Gasteiger partial charge in [-0.1, -0.05) is 6.08 Å². The molecule has 1 amide bonds. The van der Waals surface area contributed by atoms with Crippen LogP contribution in [0.5, 0.6) is 0 Å². The lowest BCUT2D eigenvalue weighted by Crippen LogP contribution is -2.24. The Hall–Kier alpha value is -1.52. The summed E-state index contributed by atoms with van der Waals surface area (Å²) >= 11 is 0. The Balaban J connectivity index is 3.81. The minimum atomic E-state index is -0.921. The third-order valence-electron chi connectivity index (χ3n) is 1.87. The first-order valence-electron chi connectivity index (χ1n) is 4.75. The number of carbonyl (C=O) groups excluding carboxylic acids is 1. The van der Waals surface area contributed by atoms with Gasteiger partial charge in [0.1, 0.15) is 6.10 Å². The Bertz CT molecular complexity index is 260. The van der Waals surface area contributed by atoms with Gasteiger partial charge in [-0.3, -0.25) is 0 Å². The van der Waals surface area contributed by atoms with Crippen LogP contribution in [0.4, 0.5) is 4.79 Å². The Kier molecular flexibility index (Phi) is 6.17. The van der Waals surface area contributed by atoms with Crippen molar-refractivity contribution in [3.8, 4) is 0 Å². The quantitative estimate of drug-likeness (QED) is 0.682. The minimum Gasteiger partial charge on any atom is -0.478 e. The van der Waals surface area contributed by atoms with E-state index in [0.29, 0.717) is 18.4 Å². The van der Waals surface area contributed by atoms with Crippen LogP contribution < -0.4 is 5.32 Å². The van der Waals surface area contributed by atoms with Crippen molar-refractivity contribution in [2.75, 3.05) is 7.05 Å². The van der Waals surface area contributed by atoms with Crippen LogP contribution in [0.2, 0.25) is 0 Å². The molecule has 0 spiro atoms. The summed E-state index contributed by atoms with van der Waals surface area (Å²) in [6.07, 6.45) is 2.12. The molecule has 0 saturated carbocycles. The average molecular weight is 215 g/mol. The number of rotatable bonds is 5. The number of allylic oxidation sites excluding steroid dienone is 1. The van der Waals surface area contributed by atoms with Crippen molar-refractivity contribution < 1.29 is 19.4 Å². The Labute approximate surface area is 89.1 Å². The molecule has 5 heteroatoms. The number of amides is 1. The van der Waals surface area contributed by atoms with Crippen LogP contribution in [-0.2, 0) is 9.53 Å². The summed E-state index contributed by atoms with van der Waals surface area (Å²) in [6, 6.07) is 0. The number of carbonyl (C=O) groups is 2. The highest BCUT2D eigenvalue weighted by Crippen LogP contribution is 2.05. The minimum absolute atomic E-state index is 0.220. The maximum Gasteiger partial charge on any atom is 0.407 e. The van der Waals surface area contributed by atoms with E-state index in [-0.39, 0.29) is 6.10 Å². The monoisotopic (exact) mass is 215 g/mol. The van der Waals surface area contributed by atoms with Crippen LogP contribution in [0, 0.1) is 0 Å². The highest BCUT2D eigenvalue weighted by atomic mass is 16.6. The number of aliphatic carboxylic acids is 1. The van der Waals surface area contributed by atoms with Crippen LogP contribution in [0.1, 0.15) is 26.7 Å². The second-order valence-corrected chi connectivity index (χ2v) is 3.24. The maximum atomic E-state index is 10.8. The van der Waals surface area contributed by atoms with Crippen LogP contribution >= 0.6 is 0 Å². The number of carboxylic acids is 1. The standard InChI is InChI=1S/C10H17NO4/c1-7(9(12)13)5-4-6-8(2)15-10(14)11-3/h5,8H,4,6H2,1-3H3,(H,11,14)(H,12,13). The maximum absolute atomic E-state index is 10.8. The lowest BCUT2D eigenvalue weighted by Gasteiger charge is -2.11. The van der Waals surface area contributed by atoms with Gasteiger partial charge in [0.25, 0.3) is 0 Å². The van der Waals surface area contributed by atoms with E-state index in [1.165, 1.54) is 14.0 Å². The molecule has 0 aromatic heterocycles. The van der Waals surface area contributed by atoms with Crippen LogP contribution in [0.3, 0.4) is 0 Å². The molecule has 0 aromatic carbocycles. The van der Waals surface area contributed by atoms with E-state index in [4.69, 9.17) is 9.84 Å². The average Bonchev–Trinajstić information content (AvgIpc) is 2.17. The fraction of sp³-hybridized carbons (Fsp3) is 0.600. The number of alkyl carbamates (subject to hydrolysis) is 1. The van der Waals surface area contributed by atoms with Gasteiger partial charge in [0, 0.05) is 12.6 Å². The van der Waals surface area contributed by atoms with Crippen molar-refractivity contribution in [1.29, 1.82) is 0 Å². The molecule has 0 radical (unpaired) electrons. The molecule has 0 aliphatic heterocycles. The summed E-state index contributed by atoms with van der Waals surface area (Å²) in [4.78, 5) is 21.2. The highest BCUT2D eigenvalue weighted by molar-refractivity contribution is 5.85. The number of carboxylic acid groups (broad SMARTS) is 1. The molecule has 5 nitrogen and oxygen atoms in total. The fourth-order valence-corrected chi connectivity index (χ4v) is 0.922. The first-order valence-corrected chi connectivity index (χ1v) is 4.75. The molecule has 0 bridgehead atoms. The molecule has 2 N–H and O–H groups in total. The normalized spacial score (nSPS) is 13.1. The second-order valence-electron chi connectivity index (χ2n) is 3.24. The molecule has 15 heavy (non-hydrogen) atoms. The first-order chi connectivity index (χ1) is 6.97. The van der Waals surface area contributed by atoms with E-state index in [1.807, 2.05) is 0 Å². The Morgan fingerprint density at radius 2 is 2.13 bits per heavy atom. The van der Waals surface area contributed by atoms with Gasteiger partial charge >= 0.3 is 12.1 Å². The molecule has 1 atom stereocenters. The number of hydrogen-bond acceptors (Lipinski definition) is 3. The van der Waals surface area contributed by atoms with Crippen LogP contribution in [0.15, 0.2) is 11.6 Å². The molecular weight excluding hydrogens is 198 g/mol. The van der Waals surface area contributed by atoms with Crippen molar-refractivity contribution in [3.63, 3.8) is 0 Å². The smallest absolute Gasteiger partial charge is 0.407 e. The van der Waals surface area contributed by atoms with Crippen LogP contribution in [-0.4, -0.2) is 30.3 Å². The van der Waals surface area contributed by atoms with Gasteiger partial charge in [0.15, 0.2) is 0 Å². The zero-order valence-corrected chi connectivity index (χ0v) is 9.24. The largest absolute Gasteiger partial charge is 0.478 e. The molecule has 1 unspecified atom stereocenters. The molecule has 0 aliphatic carbocycles. The van der Waals surface area contributed by atoms with E-state index >= 15 is 0 Å². The number of hydrogen-bond donors (Lipinski definition) is 2. The van der Waals surface area contributed by atoms with Crippen molar-refractivity contribution >= 4 is 12.1 Å². The van der Waals surface area contributed by atoms with E-state index in [9.17, 15) is 9.59 Å². The van der Waals surface area contributed by atoms with Gasteiger partial charge in [-0.2, -0.15) is 0 Å². The summed E-state index contributed by atoms with van der Waals surface area (Å²) < 4.78 is 4.92. The molecule has 0 aromatic rings. The highest BCUT2D eigenvalue weighted by Gasteiger charge is 2.06. The van der Waals surface area contributed by atoms with Crippen molar-refractivity contribution in [3.05, 3.63) is 11.6 Å². The van der Waals surface area contributed by atoms with Crippen molar-refractivity contribution in [1.82, 2.24) is 5.32 Å². The Morgan fingerprint density at radius 1 is 1.53 bits per heavy atom. The summed E-state index contributed by atoms with van der Waals surface area (Å²) in [5.74, 6) is -0.921. The topological polar surface area (TPSA) is 75.6 Å². The summed E-state index contributed by atoms with van der Waals surface area (Å²) in [5, 5.41) is 10.9. The van der Waals surface area contributed by atoms with Gasteiger partial charge in [-0.25, -0.2) is 9.59 Å². The van der Waals surface area contributed by atoms with Crippen LogP contribution in [0.25, 0.3) is 0 Å². The molecule has 0 fully saturated rings. The van der Waals surface area contributed by atoms with E-state index in [1.54, 1.807) is 13.0 Å². The number of ether oxygens (including phenoxy) is 1. The van der Waals surface area contributed by atoms with E-state index < -0.39 is 12.1 Å². The van der Waals surface area contributed by atoms with E-state index in [0.717, 1.165) is 0 Å². The van der Waals surface area contributed by atoms with Crippen molar-refractivity contribution in [2.45, 2.75) is 32.8 Å². The molecule has 0 aliphatic rings. The zero-order valence-electron chi connectivity index (χ0n) is 9.24. The molecule has 0 saturated heterocycles. The van der Waals surface area contributed by atoms with Gasteiger partial charge in [-0.15, -0.1) is 0 Å². The van der Waals surface area contributed by atoms with Gasteiger partial charge in [0.2, 0.25) is 0 Å². The van der Waals surface area contributed by atoms with Gasteiger partial charge in [0.05, 0.1) is 0 Å². The van der Waals surface area contributed by atoms with Crippen molar-refractivity contribution in [2.24, 2.45) is 0 Å². The molecule has 0 rings (SSSR count). The molecular formula is C10H17NO4. The predicted octanol–water partition coefficient (Wildman–Crippen LogP) is 1.54. The third-order valence-corrected chi connectivity index (χ3v) is 1.87.